The summed E-state index contributed by atoms with van der Waals surface area (Å²) in [5.41, 5.74) is 6.14. The van der Waals surface area contributed by atoms with Gasteiger partial charge in [-0.05, 0) is 16.5 Å². The fourth-order valence-corrected chi connectivity index (χ4v) is 2.09. The van der Waals surface area contributed by atoms with Crippen molar-refractivity contribution in [1.82, 2.24) is 15.8 Å². The molecule has 8 heteroatoms. The Labute approximate surface area is 172 Å². The largest absolute Gasteiger partial charge is 1.00 e. The Bertz CT molecular complexity index is 452. The molecule has 1 heterocycles. The number of amides is 2. The number of para-hydroxylation sites is 1. The molecule has 1 aliphatic heterocycles. The Balaban J connectivity index is 0.00000200. The van der Waals surface area contributed by atoms with Crippen molar-refractivity contribution in [2.24, 2.45) is 0 Å². The van der Waals surface area contributed by atoms with E-state index >= 15 is 0 Å². The SMILES string of the molecule is O=C(NNC(=S)[S-])N1CCN(c2ccccc2)CC1.[K+]. The van der Waals surface area contributed by atoms with Gasteiger partial charge in [0.1, 0.15) is 0 Å². The molecule has 0 bridgehead atoms. The van der Waals surface area contributed by atoms with E-state index in [1.807, 2.05) is 18.2 Å². The zero-order chi connectivity index (χ0) is 13.7. The van der Waals surface area contributed by atoms with Crippen molar-refractivity contribution in [3.8, 4) is 0 Å². The van der Waals surface area contributed by atoms with E-state index < -0.39 is 0 Å². The summed E-state index contributed by atoms with van der Waals surface area (Å²) in [4.78, 5) is 15.8. The fourth-order valence-electron chi connectivity index (χ4n) is 1.99. The average molecular weight is 335 g/mol. The molecule has 1 aromatic rings. The summed E-state index contributed by atoms with van der Waals surface area (Å²) in [6.07, 6.45) is 0. The van der Waals surface area contributed by atoms with E-state index in [2.05, 4.69) is 52.7 Å². The number of hydrogen-bond acceptors (Lipinski definition) is 4. The van der Waals surface area contributed by atoms with Crippen molar-refractivity contribution >= 4 is 40.9 Å². The second-order valence-electron chi connectivity index (χ2n) is 4.15. The summed E-state index contributed by atoms with van der Waals surface area (Å²) < 4.78 is 0.135. The van der Waals surface area contributed by atoms with E-state index in [4.69, 9.17) is 0 Å². The van der Waals surface area contributed by atoms with Crippen molar-refractivity contribution in [2.75, 3.05) is 31.1 Å². The van der Waals surface area contributed by atoms with Crippen LogP contribution < -0.4 is 67.1 Å². The molecule has 0 aliphatic carbocycles. The summed E-state index contributed by atoms with van der Waals surface area (Å²) >= 11 is 9.32. The number of thiocarbonyl (C=S) groups is 1. The third-order valence-electron chi connectivity index (χ3n) is 2.96. The first-order valence-corrected chi connectivity index (χ1v) is 6.80. The number of rotatable bonds is 1. The minimum Gasteiger partial charge on any atom is -0.410 e. The number of carbonyl (C=O) groups is 1. The van der Waals surface area contributed by atoms with Gasteiger partial charge >= 0.3 is 57.4 Å². The molecule has 2 rings (SSSR count). The van der Waals surface area contributed by atoms with Crippen LogP contribution in [0.4, 0.5) is 10.5 Å². The topological polar surface area (TPSA) is 47.6 Å². The first-order chi connectivity index (χ1) is 9.16. The number of nitrogens with zero attached hydrogens (tertiary/aromatic N) is 2. The predicted molar refractivity (Wildman–Crippen MR) is 81.9 cm³/mol. The van der Waals surface area contributed by atoms with Gasteiger partial charge in [0.2, 0.25) is 0 Å². The van der Waals surface area contributed by atoms with E-state index in [9.17, 15) is 4.79 Å². The van der Waals surface area contributed by atoms with Crippen LogP contribution in [0.3, 0.4) is 0 Å². The molecule has 0 aromatic heterocycles. The Kier molecular flexibility index (Phi) is 8.26. The van der Waals surface area contributed by atoms with Crippen LogP contribution in [0.25, 0.3) is 0 Å². The maximum Gasteiger partial charge on any atom is 1.00 e. The molecule has 0 unspecified atom stereocenters. The summed E-state index contributed by atoms with van der Waals surface area (Å²) in [6.45, 7) is 2.98. The minimum atomic E-state index is -0.195. The van der Waals surface area contributed by atoms with Crippen molar-refractivity contribution in [3.05, 3.63) is 30.3 Å². The van der Waals surface area contributed by atoms with Gasteiger partial charge in [-0.2, -0.15) is 0 Å². The van der Waals surface area contributed by atoms with Crippen LogP contribution in [-0.4, -0.2) is 41.4 Å². The Hall–Kier alpha value is 0.0364. The summed E-state index contributed by atoms with van der Waals surface area (Å²) in [7, 11) is 0. The van der Waals surface area contributed by atoms with Gasteiger partial charge < -0.3 is 40.1 Å². The second-order valence-corrected chi connectivity index (χ2v) is 5.23. The van der Waals surface area contributed by atoms with Gasteiger partial charge in [0.25, 0.3) is 0 Å². The van der Waals surface area contributed by atoms with Crippen LogP contribution in [0.5, 0.6) is 0 Å². The van der Waals surface area contributed by atoms with E-state index in [1.165, 1.54) is 5.69 Å². The molecular formula is C12H15KN4OS2. The smallest absolute Gasteiger partial charge is 0.410 e. The van der Waals surface area contributed by atoms with Crippen molar-refractivity contribution in [3.63, 3.8) is 0 Å². The molecule has 2 N–H and O–H groups in total. The van der Waals surface area contributed by atoms with Crippen LogP contribution in [-0.2, 0) is 12.6 Å². The van der Waals surface area contributed by atoms with Crippen LogP contribution in [0.2, 0.25) is 0 Å². The first-order valence-electron chi connectivity index (χ1n) is 5.99. The van der Waals surface area contributed by atoms with E-state index in [1.54, 1.807) is 4.90 Å². The van der Waals surface area contributed by atoms with Crippen LogP contribution in [0.15, 0.2) is 30.3 Å². The standard InChI is InChI=1S/C12H16N4OS2.K/c17-11(13-14-12(18)19)16-8-6-15(7-9-16)10-4-2-1-3-5-10;/h1-5H,6-9H2,(H,13,17)(H2,14,18,19);/q;+1/p-1. The molecule has 1 aliphatic rings. The minimum absolute atomic E-state index is 0. The van der Waals surface area contributed by atoms with Gasteiger partial charge in [-0.15, -0.1) is 0 Å². The molecular weight excluding hydrogens is 319 g/mol. The number of urea groups is 1. The molecule has 1 fully saturated rings. The third kappa shape index (κ3) is 5.43. The van der Waals surface area contributed by atoms with Gasteiger partial charge in [-0.1, -0.05) is 18.2 Å². The maximum atomic E-state index is 11.8. The third-order valence-corrected chi connectivity index (χ3v) is 3.16. The molecule has 0 spiro atoms. The van der Waals surface area contributed by atoms with Crippen LogP contribution >= 0.6 is 12.2 Å². The number of benzene rings is 1. The van der Waals surface area contributed by atoms with Gasteiger partial charge in [-0.3, -0.25) is 5.43 Å². The van der Waals surface area contributed by atoms with E-state index in [0.29, 0.717) is 13.1 Å². The van der Waals surface area contributed by atoms with Gasteiger partial charge in [0.05, 0.1) is 0 Å². The monoisotopic (exact) mass is 334 g/mol. The predicted octanol–water partition coefficient (Wildman–Crippen LogP) is -2.14. The van der Waals surface area contributed by atoms with Crippen molar-refractivity contribution in [1.29, 1.82) is 0 Å². The van der Waals surface area contributed by atoms with Crippen LogP contribution in [0.1, 0.15) is 0 Å². The summed E-state index contributed by atoms with van der Waals surface area (Å²) in [5, 5.41) is 0. The summed E-state index contributed by atoms with van der Waals surface area (Å²) in [6, 6.07) is 9.99. The maximum absolute atomic E-state index is 11.8. The molecule has 2 amide bonds. The number of nitrogens with one attached hydrogen (secondary N) is 2. The molecule has 1 saturated heterocycles. The average Bonchev–Trinajstić information content (AvgIpc) is 2.46. The summed E-state index contributed by atoms with van der Waals surface area (Å²) in [5.74, 6) is 0. The number of anilines is 1. The molecule has 1 aromatic carbocycles. The van der Waals surface area contributed by atoms with Gasteiger partial charge in [0.15, 0.2) is 0 Å². The number of hydrazine groups is 1. The Morgan fingerprint density at radius 1 is 1.10 bits per heavy atom. The van der Waals surface area contributed by atoms with Crippen LogP contribution in [0, 0.1) is 0 Å². The molecule has 5 nitrogen and oxygen atoms in total. The van der Waals surface area contributed by atoms with E-state index in [-0.39, 0.29) is 61.7 Å². The van der Waals surface area contributed by atoms with E-state index in [0.717, 1.165) is 13.1 Å². The first kappa shape index (κ1) is 18.1. The molecule has 0 radical (unpaired) electrons. The Morgan fingerprint density at radius 3 is 2.25 bits per heavy atom. The zero-order valence-electron chi connectivity index (χ0n) is 11.3. The Morgan fingerprint density at radius 2 is 1.70 bits per heavy atom. The zero-order valence-corrected chi connectivity index (χ0v) is 16.1. The molecule has 0 saturated carbocycles. The second kappa shape index (κ2) is 9.14. The quantitative estimate of drug-likeness (QED) is 0.266. The van der Waals surface area contributed by atoms with Crippen molar-refractivity contribution < 1.29 is 56.2 Å². The molecule has 102 valence electrons. The normalized spacial score (nSPS) is 14.2. The van der Waals surface area contributed by atoms with Crippen molar-refractivity contribution in [2.45, 2.75) is 0 Å². The van der Waals surface area contributed by atoms with Gasteiger partial charge in [0, 0.05) is 31.9 Å². The fraction of sp³-hybridized carbons (Fsp3) is 0.333. The number of piperazine rings is 1. The molecule has 20 heavy (non-hydrogen) atoms. The molecule has 0 atom stereocenters. The van der Waals surface area contributed by atoms with Gasteiger partial charge in [-0.25, -0.2) is 4.79 Å². The number of hydrogen-bond donors (Lipinski definition) is 2. The number of carbonyl (C=O) groups excluding carboxylic acids is 1.